The zero-order chi connectivity index (χ0) is 6.69. The van der Waals surface area contributed by atoms with Gasteiger partial charge in [0, 0.05) is 19.6 Å². The van der Waals surface area contributed by atoms with Crippen LogP contribution in [0.2, 0.25) is 0 Å². The van der Waals surface area contributed by atoms with Crippen molar-refractivity contribution in [3.05, 3.63) is 0 Å². The van der Waals surface area contributed by atoms with Crippen molar-refractivity contribution in [1.29, 1.82) is 0 Å². The fourth-order valence-corrected chi connectivity index (χ4v) is 1.11. The quantitative estimate of drug-likeness (QED) is 0.397. The lowest BCUT2D eigenvalue weighted by Gasteiger charge is -2.12. The Bertz CT molecular complexity index is 203. The zero-order valence-corrected chi connectivity index (χ0v) is 5.66. The van der Waals surface area contributed by atoms with E-state index in [9.17, 15) is 8.42 Å². The maximum Gasteiger partial charge on any atom is 0.229 e. The minimum absolute atomic E-state index is 0.362. The Morgan fingerprint density at radius 1 is 1.33 bits per heavy atom. The Morgan fingerprint density at radius 2 is 2.11 bits per heavy atom. The summed E-state index contributed by atoms with van der Waals surface area (Å²) in [5.41, 5.74) is 0. The third kappa shape index (κ3) is 1.78. The Morgan fingerprint density at radius 3 is 2.44 bits per heavy atom. The summed E-state index contributed by atoms with van der Waals surface area (Å²) >= 11 is 0. The van der Waals surface area contributed by atoms with Crippen molar-refractivity contribution in [1.82, 2.24) is 10.6 Å². The average molecular weight is 148 g/mol. The van der Waals surface area contributed by atoms with Crippen molar-refractivity contribution < 1.29 is 8.42 Å². The first-order chi connectivity index (χ1) is 4.30. The number of rotatable bonds is 0. The fraction of sp³-hybridized carbons (Fsp3) is 0.750. The van der Waals surface area contributed by atoms with Gasteiger partial charge in [0.15, 0.2) is 0 Å². The van der Waals surface area contributed by atoms with Gasteiger partial charge < -0.3 is 5.32 Å². The van der Waals surface area contributed by atoms with E-state index in [0.29, 0.717) is 18.1 Å². The largest absolute Gasteiger partial charge is 0.309 e. The van der Waals surface area contributed by atoms with Gasteiger partial charge >= 0.3 is 0 Å². The predicted octanol–water partition coefficient (Wildman–Crippen LogP) is -1.81. The van der Waals surface area contributed by atoms with Crippen LogP contribution in [0.3, 0.4) is 0 Å². The van der Waals surface area contributed by atoms with E-state index in [-0.39, 0.29) is 0 Å². The molecule has 0 aliphatic carbocycles. The van der Waals surface area contributed by atoms with E-state index in [4.69, 9.17) is 0 Å². The fourth-order valence-electron chi connectivity index (χ4n) is 0.673. The van der Waals surface area contributed by atoms with E-state index in [1.54, 1.807) is 0 Å². The molecule has 0 radical (unpaired) electrons. The molecule has 4 nitrogen and oxygen atoms in total. The Kier molecular flexibility index (Phi) is 2.21. The van der Waals surface area contributed by atoms with Crippen LogP contribution in [0.5, 0.6) is 0 Å². The summed E-state index contributed by atoms with van der Waals surface area (Å²) in [6, 6.07) is 0. The molecule has 52 valence electrons. The highest BCUT2D eigenvalue weighted by Crippen LogP contribution is 1.72. The van der Waals surface area contributed by atoms with Crippen LogP contribution >= 0.6 is 0 Å². The highest BCUT2D eigenvalue weighted by atomic mass is 32.2. The summed E-state index contributed by atoms with van der Waals surface area (Å²) in [5, 5.41) is 5.68. The normalized spacial score (nSPS) is 19.8. The minimum atomic E-state index is -2.06. The number of nitrogens with one attached hydrogen (secondary N) is 2. The van der Waals surface area contributed by atoms with Crippen molar-refractivity contribution in [2.45, 2.75) is 0 Å². The standard InChI is InChI=1S/C4H8N2O2S/c7-9(8)4-3-5-1-2-6-4/h5-6H,1-3H2. The highest BCUT2D eigenvalue weighted by molar-refractivity contribution is 7.72. The molecule has 0 atom stereocenters. The van der Waals surface area contributed by atoms with Crippen molar-refractivity contribution in [2.75, 3.05) is 19.6 Å². The average Bonchev–Trinajstić information content (AvgIpc) is 1.90. The van der Waals surface area contributed by atoms with Crippen LogP contribution in [-0.2, 0) is 10.3 Å². The summed E-state index contributed by atoms with van der Waals surface area (Å²) in [4.78, 5) is 0.362. The maximum atomic E-state index is 10.2. The zero-order valence-electron chi connectivity index (χ0n) is 4.85. The number of hydrogen-bond acceptors (Lipinski definition) is 3. The molecule has 0 spiro atoms. The lowest BCUT2D eigenvalue weighted by atomic mass is 10.4. The van der Waals surface area contributed by atoms with Crippen LogP contribution in [0, 0.1) is 0 Å². The van der Waals surface area contributed by atoms with Crippen LogP contribution < -0.4 is 10.6 Å². The van der Waals surface area contributed by atoms with E-state index < -0.39 is 10.3 Å². The summed E-state index contributed by atoms with van der Waals surface area (Å²) in [5.74, 6) is 0. The Hall–Kier alpha value is -0.390. The summed E-state index contributed by atoms with van der Waals surface area (Å²) in [6.07, 6.45) is 0. The third-order valence-electron chi connectivity index (χ3n) is 1.11. The van der Waals surface area contributed by atoms with E-state index in [0.717, 1.165) is 6.54 Å². The molecule has 0 saturated carbocycles. The molecular weight excluding hydrogens is 140 g/mol. The van der Waals surface area contributed by atoms with Gasteiger partial charge in [-0.05, 0) is 0 Å². The molecule has 0 unspecified atom stereocenters. The molecule has 9 heavy (non-hydrogen) atoms. The Balaban J connectivity index is 2.72. The van der Waals surface area contributed by atoms with Crippen LogP contribution in [-0.4, -0.2) is 33.0 Å². The second-order valence-corrected chi connectivity index (χ2v) is 2.72. The third-order valence-corrected chi connectivity index (χ3v) is 1.80. The van der Waals surface area contributed by atoms with Crippen LogP contribution in [0.15, 0.2) is 0 Å². The van der Waals surface area contributed by atoms with Crippen molar-refractivity contribution in [3.8, 4) is 0 Å². The van der Waals surface area contributed by atoms with E-state index >= 15 is 0 Å². The molecular formula is C4H8N2O2S. The predicted molar refractivity (Wildman–Crippen MR) is 34.8 cm³/mol. The second kappa shape index (κ2) is 2.95. The SMILES string of the molecule is O=S(=O)=C1CNCCN1. The molecule has 0 aromatic heterocycles. The van der Waals surface area contributed by atoms with Gasteiger partial charge in [0.25, 0.3) is 0 Å². The maximum absolute atomic E-state index is 10.2. The van der Waals surface area contributed by atoms with Gasteiger partial charge in [-0.25, -0.2) is 0 Å². The van der Waals surface area contributed by atoms with Gasteiger partial charge in [-0.2, -0.15) is 8.42 Å². The minimum Gasteiger partial charge on any atom is -0.309 e. The van der Waals surface area contributed by atoms with E-state index in [1.807, 2.05) is 0 Å². The van der Waals surface area contributed by atoms with Gasteiger partial charge in [-0.1, -0.05) is 0 Å². The lowest BCUT2D eigenvalue weighted by Crippen LogP contribution is -2.45. The van der Waals surface area contributed by atoms with Gasteiger partial charge in [-0.3, -0.25) is 5.32 Å². The summed E-state index contributed by atoms with van der Waals surface area (Å²) in [7, 11) is -2.06. The van der Waals surface area contributed by atoms with Gasteiger partial charge in [0.1, 0.15) is 4.99 Å². The first kappa shape index (κ1) is 6.73. The van der Waals surface area contributed by atoms with Crippen LogP contribution in [0.25, 0.3) is 0 Å². The molecule has 1 saturated heterocycles. The van der Waals surface area contributed by atoms with Gasteiger partial charge in [0.05, 0.1) is 0 Å². The molecule has 1 fully saturated rings. The summed E-state index contributed by atoms with van der Waals surface area (Å²) in [6.45, 7) is 1.97. The monoisotopic (exact) mass is 148 g/mol. The van der Waals surface area contributed by atoms with Gasteiger partial charge in [0.2, 0.25) is 10.3 Å². The van der Waals surface area contributed by atoms with Crippen molar-refractivity contribution in [2.24, 2.45) is 0 Å². The van der Waals surface area contributed by atoms with Crippen LogP contribution in [0.4, 0.5) is 0 Å². The van der Waals surface area contributed by atoms with Gasteiger partial charge in [-0.15, -0.1) is 0 Å². The molecule has 5 heteroatoms. The molecule has 1 aliphatic rings. The van der Waals surface area contributed by atoms with E-state index in [1.165, 1.54) is 0 Å². The molecule has 0 aromatic rings. The van der Waals surface area contributed by atoms with Crippen molar-refractivity contribution >= 4 is 15.3 Å². The molecule has 0 amide bonds. The van der Waals surface area contributed by atoms with Crippen molar-refractivity contribution in [3.63, 3.8) is 0 Å². The molecule has 1 rings (SSSR count). The number of piperazine rings is 1. The smallest absolute Gasteiger partial charge is 0.229 e. The lowest BCUT2D eigenvalue weighted by molar-refractivity contribution is 0.622. The van der Waals surface area contributed by atoms with Crippen LogP contribution in [0.1, 0.15) is 0 Å². The summed E-state index contributed by atoms with van der Waals surface area (Å²) < 4.78 is 20.4. The highest BCUT2D eigenvalue weighted by Gasteiger charge is 2.04. The molecule has 0 bridgehead atoms. The first-order valence-corrected chi connectivity index (χ1v) is 3.78. The first-order valence-electron chi connectivity index (χ1n) is 2.70. The topological polar surface area (TPSA) is 58.2 Å². The Labute approximate surface area is 54.8 Å². The molecule has 1 aliphatic heterocycles. The molecule has 2 N–H and O–H groups in total. The second-order valence-electron chi connectivity index (χ2n) is 1.76. The van der Waals surface area contributed by atoms with E-state index in [2.05, 4.69) is 10.6 Å². The molecule has 1 heterocycles. The number of hydrogen-bond donors (Lipinski definition) is 2. The molecule has 0 aromatic carbocycles.